The molecule has 116 valence electrons. The number of likely N-dealkylation sites (N-methyl/N-ethyl adjacent to an activating group) is 1. The molecule has 4 nitrogen and oxygen atoms in total. The second kappa shape index (κ2) is 8.41. The van der Waals surface area contributed by atoms with Crippen LogP contribution in [0.15, 0.2) is 29.2 Å². The number of nitrogens with one attached hydrogen (secondary N) is 2. The monoisotopic (exact) mass is 307 g/mol. The Bertz CT molecular complexity index is 461. The molecule has 1 saturated heterocycles. The van der Waals surface area contributed by atoms with Crippen LogP contribution in [0.1, 0.15) is 19.8 Å². The number of carbonyl (C=O) groups is 1. The van der Waals surface area contributed by atoms with Gasteiger partial charge in [0.05, 0.1) is 12.2 Å². The van der Waals surface area contributed by atoms with Gasteiger partial charge in [-0.2, -0.15) is 0 Å². The Morgan fingerprint density at radius 3 is 2.76 bits per heavy atom. The van der Waals surface area contributed by atoms with E-state index in [0.717, 1.165) is 43.1 Å². The average molecular weight is 307 g/mol. The molecule has 0 bridgehead atoms. The average Bonchev–Trinajstić information content (AvgIpc) is 2.54. The normalized spacial score (nSPS) is 16.1. The van der Waals surface area contributed by atoms with E-state index in [1.54, 1.807) is 11.8 Å². The number of benzene rings is 1. The summed E-state index contributed by atoms with van der Waals surface area (Å²) in [6, 6.07) is 8.47. The summed E-state index contributed by atoms with van der Waals surface area (Å²) in [5, 5.41) is 6.42. The number of amides is 1. The Morgan fingerprint density at radius 1 is 1.38 bits per heavy atom. The molecule has 0 radical (unpaired) electrons. The predicted molar refractivity (Wildman–Crippen MR) is 90.0 cm³/mol. The molecule has 1 aromatic carbocycles. The van der Waals surface area contributed by atoms with Gasteiger partial charge in [-0.15, -0.1) is 11.8 Å². The van der Waals surface area contributed by atoms with E-state index in [1.807, 2.05) is 30.5 Å². The van der Waals surface area contributed by atoms with Crippen molar-refractivity contribution in [3.63, 3.8) is 0 Å². The molecular weight excluding hydrogens is 282 g/mol. The lowest BCUT2D eigenvalue weighted by Crippen LogP contribution is -2.46. The van der Waals surface area contributed by atoms with Crippen LogP contribution in [-0.2, 0) is 4.79 Å². The van der Waals surface area contributed by atoms with Crippen LogP contribution in [-0.4, -0.2) is 49.3 Å². The van der Waals surface area contributed by atoms with Crippen molar-refractivity contribution in [2.45, 2.75) is 30.7 Å². The lowest BCUT2D eigenvalue weighted by Gasteiger charge is -2.33. The lowest BCUT2D eigenvalue weighted by atomic mass is 10.0. The van der Waals surface area contributed by atoms with Crippen LogP contribution in [0.25, 0.3) is 0 Å². The number of thioether (sulfide) groups is 1. The number of nitrogens with zero attached hydrogens (tertiary/aromatic N) is 1. The fourth-order valence-corrected chi connectivity index (χ4v) is 3.35. The Balaban J connectivity index is 1.93. The molecule has 0 spiro atoms. The Labute approximate surface area is 131 Å². The van der Waals surface area contributed by atoms with Crippen molar-refractivity contribution in [1.82, 2.24) is 10.2 Å². The van der Waals surface area contributed by atoms with Crippen LogP contribution < -0.4 is 10.6 Å². The molecule has 1 amide bonds. The highest BCUT2D eigenvalue weighted by Gasteiger charge is 2.21. The third-order valence-electron chi connectivity index (χ3n) is 3.96. The fourth-order valence-electron chi connectivity index (χ4n) is 2.79. The summed E-state index contributed by atoms with van der Waals surface area (Å²) in [6.07, 6.45) is 4.28. The summed E-state index contributed by atoms with van der Waals surface area (Å²) in [6.45, 7) is 5.63. The first-order valence-corrected chi connectivity index (χ1v) is 8.84. The first-order valence-electron chi connectivity index (χ1n) is 7.62. The molecule has 21 heavy (non-hydrogen) atoms. The van der Waals surface area contributed by atoms with Crippen molar-refractivity contribution in [3.05, 3.63) is 24.3 Å². The number of hydrogen-bond acceptors (Lipinski definition) is 4. The minimum absolute atomic E-state index is 0.0804. The highest BCUT2D eigenvalue weighted by atomic mass is 32.2. The van der Waals surface area contributed by atoms with Gasteiger partial charge in [-0.3, -0.25) is 9.69 Å². The summed E-state index contributed by atoms with van der Waals surface area (Å²) < 4.78 is 0. The highest BCUT2D eigenvalue weighted by molar-refractivity contribution is 7.98. The van der Waals surface area contributed by atoms with Crippen LogP contribution >= 0.6 is 11.8 Å². The summed E-state index contributed by atoms with van der Waals surface area (Å²) in [4.78, 5) is 15.7. The van der Waals surface area contributed by atoms with Crippen molar-refractivity contribution >= 4 is 23.4 Å². The number of piperidine rings is 1. The third kappa shape index (κ3) is 4.73. The van der Waals surface area contributed by atoms with Gasteiger partial charge in [0.1, 0.15) is 0 Å². The van der Waals surface area contributed by atoms with E-state index in [9.17, 15) is 4.79 Å². The van der Waals surface area contributed by atoms with Crippen LogP contribution in [0.3, 0.4) is 0 Å². The maximum atomic E-state index is 12.3. The van der Waals surface area contributed by atoms with Gasteiger partial charge in [0, 0.05) is 10.9 Å². The van der Waals surface area contributed by atoms with Crippen LogP contribution in [0, 0.1) is 0 Å². The number of rotatable bonds is 6. The maximum absolute atomic E-state index is 12.3. The molecule has 2 rings (SSSR count). The molecular formula is C16H25N3OS. The van der Waals surface area contributed by atoms with Crippen LogP contribution in [0.4, 0.5) is 5.69 Å². The first-order chi connectivity index (χ1) is 10.2. The molecule has 1 aliphatic heterocycles. The number of para-hydroxylation sites is 1. The molecule has 1 aromatic rings. The molecule has 0 atom stereocenters. The summed E-state index contributed by atoms with van der Waals surface area (Å²) in [7, 11) is 0. The van der Waals surface area contributed by atoms with E-state index in [4.69, 9.17) is 0 Å². The van der Waals surface area contributed by atoms with Crippen molar-refractivity contribution < 1.29 is 4.79 Å². The van der Waals surface area contributed by atoms with Gasteiger partial charge in [0.2, 0.25) is 5.91 Å². The first kappa shape index (κ1) is 16.3. The van der Waals surface area contributed by atoms with Gasteiger partial charge in [0.15, 0.2) is 0 Å². The van der Waals surface area contributed by atoms with Crippen molar-refractivity contribution in [2.75, 3.05) is 37.8 Å². The SMILES string of the molecule is CCN(CC(=O)Nc1ccccc1SC)C1CCNCC1. The van der Waals surface area contributed by atoms with E-state index in [1.165, 1.54) is 0 Å². The standard InChI is InChI=1S/C16H25N3OS/c1-3-19(13-8-10-17-11-9-13)12-16(20)18-14-6-4-5-7-15(14)21-2/h4-7,13,17H,3,8-12H2,1-2H3,(H,18,20). The third-order valence-corrected chi connectivity index (χ3v) is 4.75. The zero-order valence-electron chi connectivity index (χ0n) is 12.9. The minimum Gasteiger partial charge on any atom is -0.324 e. The van der Waals surface area contributed by atoms with Gasteiger partial charge in [-0.05, 0) is 50.9 Å². The van der Waals surface area contributed by atoms with Crippen molar-refractivity contribution in [1.29, 1.82) is 0 Å². The van der Waals surface area contributed by atoms with Crippen molar-refractivity contribution in [2.24, 2.45) is 0 Å². The van der Waals surface area contributed by atoms with E-state index in [-0.39, 0.29) is 5.91 Å². The second-order valence-electron chi connectivity index (χ2n) is 5.29. The zero-order valence-corrected chi connectivity index (χ0v) is 13.7. The molecule has 1 fully saturated rings. The van der Waals surface area contributed by atoms with E-state index in [2.05, 4.69) is 22.5 Å². The van der Waals surface area contributed by atoms with Gasteiger partial charge in [0.25, 0.3) is 0 Å². The van der Waals surface area contributed by atoms with Crippen LogP contribution in [0.2, 0.25) is 0 Å². The smallest absolute Gasteiger partial charge is 0.238 e. The molecule has 0 saturated carbocycles. The highest BCUT2D eigenvalue weighted by Crippen LogP contribution is 2.24. The topological polar surface area (TPSA) is 44.4 Å². The number of anilines is 1. The lowest BCUT2D eigenvalue weighted by molar-refractivity contribution is -0.118. The number of carbonyl (C=O) groups excluding carboxylic acids is 1. The largest absolute Gasteiger partial charge is 0.324 e. The predicted octanol–water partition coefficient (Wildman–Crippen LogP) is 2.42. The van der Waals surface area contributed by atoms with E-state index in [0.29, 0.717) is 12.6 Å². The zero-order chi connectivity index (χ0) is 15.1. The molecule has 2 N–H and O–H groups in total. The van der Waals surface area contributed by atoms with E-state index < -0.39 is 0 Å². The van der Waals surface area contributed by atoms with Gasteiger partial charge in [-0.1, -0.05) is 19.1 Å². The quantitative estimate of drug-likeness (QED) is 0.792. The fraction of sp³-hybridized carbons (Fsp3) is 0.562. The molecule has 5 heteroatoms. The summed E-state index contributed by atoms with van der Waals surface area (Å²) in [5.74, 6) is 0.0804. The molecule has 0 unspecified atom stereocenters. The van der Waals surface area contributed by atoms with Gasteiger partial charge in [-0.25, -0.2) is 0 Å². The Morgan fingerprint density at radius 2 is 2.10 bits per heavy atom. The minimum atomic E-state index is 0.0804. The molecule has 0 aromatic heterocycles. The van der Waals surface area contributed by atoms with Gasteiger partial charge < -0.3 is 10.6 Å². The molecule has 1 heterocycles. The van der Waals surface area contributed by atoms with Crippen molar-refractivity contribution in [3.8, 4) is 0 Å². The second-order valence-corrected chi connectivity index (χ2v) is 6.14. The summed E-state index contributed by atoms with van der Waals surface area (Å²) in [5.41, 5.74) is 0.913. The Hall–Kier alpha value is -1.04. The van der Waals surface area contributed by atoms with Crippen LogP contribution in [0.5, 0.6) is 0 Å². The molecule has 0 aliphatic carbocycles. The number of hydrogen-bond donors (Lipinski definition) is 2. The Kier molecular flexibility index (Phi) is 6.54. The molecule has 1 aliphatic rings. The summed E-state index contributed by atoms with van der Waals surface area (Å²) >= 11 is 1.65. The van der Waals surface area contributed by atoms with E-state index >= 15 is 0 Å². The maximum Gasteiger partial charge on any atom is 0.238 e. The van der Waals surface area contributed by atoms with Gasteiger partial charge >= 0.3 is 0 Å².